The van der Waals surface area contributed by atoms with Crippen LogP contribution in [0.1, 0.15) is 16.0 Å². The molecule has 1 aromatic carbocycles. The summed E-state index contributed by atoms with van der Waals surface area (Å²) in [6.45, 7) is 2.39. The number of thiophene rings is 1. The molecule has 1 heterocycles. The quantitative estimate of drug-likeness (QED) is 0.751. The molecule has 0 saturated carbocycles. The van der Waals surface area contributed by atoms with Crippen LogP contribution in [-0.4, -0.2) is 26.3 Å². The Morgan fingerprint density at radius 2 is 2.05 bits per heavy atom. The van der Waals surface area contributed by atoms with Crippen LogP contribution in [0.2, 0.25) is 0 Å². The summed E-state index contributed by atoms with van der Waals surface area (Å²) in [5.41, 5.74) is 1.86. The van der Waals surface area contributed by atoms with Gasteiger partial charge in [-0.25, -0.2) is 12.7 Å². The summed E-state index contributed by atoms with van der Waals surface area (Å²) in [6, 6.07) is 9.10. The lowest BCUT2D eigenvalue weighted by Crippen LogP contribution is -2.29. The third-order valence-electron chi connectivity index (χ3n) is 3.43. The maximum atomic E-state index is 12.6. The average Bonchev–Trinajstić information content (AvgIpc) is 2.98. The molecule has 6 heteroatoms. The fourth-order valence-electron chi connectivity index (χ4n) is 1.97. The Hall–Kier alpha value is -0.880. The number of sulfonamides is 1. The third-order valence-corrected chi connectivity index (χ3v) is 6.50. The van der Waals surface area contributed by atoms with Gasteiger partial charge >= 0.3 is 0 Å². The number of benzene rings is 1. The molecular formula is C15H18ClNO2S2. The molecule has 0 aliphatic carbocycles. The van der Waals surface area contributed by atoms with Gasteiger partial charge in [-0.05, 0) is 48.1 Å². The van der Waals surface area contributed by atoms with Crippen molar-refractivity contribution in [3.63, 3.8) is 0 Å². The van der Waals surface area contributed by atoms with Gasteiger partial charge in [0.15, 0.2) is 0 Å². The average molecular weight is 344 g/mol. The minimum Gasteiger partial charge on any atom is -0.207 e. The summed E-state index contributed by atoms with van der Waals surface area (Å²) < 4.78 is 26.5. The molecule has 0 radical (unpaired) electrons. The summed E-state index contributed by atoms with van der Waals surface area (Å²) >= 11 is 7.50. The fraction of sp³-hybridized carbons (Fsp3) is 0.333. The Labute approximate surface area is 135 Å². The maximum Gasteiger partial charge on any atom is 0.242 e. The molecule has 2 rings (SSSR count). The van der Waals surface area contributed by atoms with Crippen molar-refractivity contribution in [3.8, 4) is 0 Å². The lowest BCUT2D eigenvalue weighted by Gasteiger charge is -2.17. The zero-order valence-corrected chi connectivity index (χ0v) is 14.4. The number of alkyl halides is 1. The Bertz CT molecular complexity index is 696. The van der Waals surface area contributed by atoms with Crippen LogP contribution in [-0.2, 0) is 22.3 Å². The standard InChI is InChI=1S/C15H18ClNO2S2/c1-12-5-6-15(10-13(12)11-16)21(18,19)17(2)8-7-14-4-3-9-20-14/h3-6,9-10H,7-8,11H2,1-2H3. The smallest absolute Gasteiger partial charge is 0.207 e. The van der Waals surface area contributed by atoms with E-state index in [0.717, 1.165) is 17.5 Å². The van der Waals surface area contributed by atoms with Crippen LogP contribution in [0, 0.1) is 6.92 Å². The summed E-state index contributed by atoms with van der Waals surface area (Å²) in [4.78, 5) is 1.49. The van der Waals surface area contributed by atoms with Gasteiger partial charge in [0.25, 0.3) is 0 Å². The zero-order valence-electron chi connectivity index (χ0n) is 12.0. The van der Waals surface area contributed by atoms with Crippen LogP contribution in [0.5, 0.6) is 0 Å². The number of hydrogen-bond donors (Lipinski definition) is 0. The third kappa shape index (κ3) is 3.86. The number of aryl methyl sites for hydroxylation is 1. The molecule has 0 saturated heterocycles. The zero-order chi connectivity index (χ0) is 15.5. The van der Waals surface area contributed by atoms with Crippen molar-refractivity contribution < 1.29 is 8.42 Å². The van der Waals surface area contributed by atoms with Crippen LogP contribution < -0.4 is 0 Å². The molecule has 0 bridgehead atoms. The molecule has 0 atom stereocenters. The largest absolute Gasteiger partial charge is 0.242 e. The molecule has 2 aromatic rings. The molecule has 0 aliphatic heterocycles. The van der Waals surface area contributed by atoms with E-state index in [9.17, 15) is 8.42 Å². The van der Waals surface area contributed by atoms with Crippen molar-refractivity contribution in [1.82, 2.24) is 4.31 Å². The van der Waals surface area contributed by atoms with Crippen molar-refractivity contribution in [3.05, 3.63) is 51.7 Å². The number of hydrogen-bond acceptors (Lipinski definition) is 3. The molecule has 0 fully saturated rings. The van der Waals surface area contributed by atoms with Crippen molar-refractivity contribution in [2.45, 2.75) is 24.1 Å². The molecule has 0 N–H and O–H groups in total. The summed E-state index contributed by atoms with van der Waals surface area (Å²) in [7, 11) is -1.85. The topological polar surface area (TPSA) is 37.4 Å². The van der Waals surface area contributed by atoms with E-state index in [0.29, 0.717) is 17.3 Å². The number of nitrogens with zero attached hydrogens (tertiary/aromatic N) is 1. The lowest BCUT2D eigenvalue weighted by molar-refractivity contribution is 0.473. The Balaban J connectivity index is 2.16. The first kappa shape index (κ1) is 16.5. The van der Waals surface area contributed by atoms with Crippen molar-refractivity contribution in [2.75, 3.05) is 13.6 Å². The van der Waals surface area contributed by atoms with Gasteiger partial charge in [0.2, 0.25) is 10.0 Å². The van der Waals surface area contributed by atoms with E-state index >= 15 is 0 Å². The van der Waals surface area contributed by atoms with Gasteiger partial charge in [-0.15, -0.1) is 22.9 Å². The number of halogens is 1. The highest BCUT2D eigenvalue weighted by Crippen LogP contribution is 2.20. The molecule has 1 aromatic heterocycles. The van der Waals surface area contributed by atoms with Crippen LogP contribution >= 0.6 is 22.9 Å². The van der Waals surface area contributed by atoms with Gasteiger partial charge < -0.3 is 0 Å². The molecule has 0 spiro atoms. The van der Waals surface area contributed by atoms with E-state index in [-0.39, 0.29) is 0 Å². The van der Waals surface area contributed by atoms with Crippen LogP contribution in [0.4, 0.5) is 0 Å². The van der Waals surface area contributed by atoms with Gasteiger partial charge in [-0.1, -0.05) is 12.1 Å². The minimum atomic E-state index is -3.46. The second-order valence-corrected chi connectivity index (χ2v) is 8.22. The van der Waals surface area contributed by atoms with Crippen LogP contribution in [0.3, 0.4) is 0 Å². The normalized spacial score (nSPS) is 12.0. The predicted molar refractivity (Wildman–Crippen MR) is 88.6 cm³/mol. The van der Waals surface area contributed by atoms with E-state index in [4.69, 9.17) is 11.6 Å². The second kappa shape index (κ2) is 6.92. The molecule has 21 heavy (non-hydrogen) atoms. The van der Waals surface area contributed by atoms with Crippen LogP contribution in [0.25, 0.3) is 0 Å². The van der Waals surface area contributed by atoms with E-state index in [1.165, 1.54) is 9.18 Å². The number of likely N-dealkylation sites (N-methyl/N-ethyl adjacent to an activating group) is 1. The highest BCUT2D eigenvalue weighted by molar-refractivity contribution is 7.89. The molecule has 0 amide bonds. The SMILES string of the molecule is Cc1ccc(S(=O)(=O)N(C)CCc2cccs2)cc1CCl. The van der Waals surface area contributed by atoms with Crippen LogP contribution in [0.15, 0.2) is 40.6 Å². The monoisotopic (exact) mass is 343 g/mol. The first-order valence-electron chi connectivity index (χ1n) is 6.59. The molecule has 0 aliphatic rings. The van der Waals surface area contributed by atoms with Gasteiger partial charge in [-0.3, -0.25) is 0 Å². The molecule has 0 unspecified atom stereocenters. The van der Waals surface area contributed by atoms with Gasteiger partial charge in [0.1, 0.15) is 0 Å². The van der Waals surface area contributed by atoms with Crippen molar-refractivity contribution in [1.29, 1.82) is 0 Å². The molecular weight excluding hydrogens is 326 g/mol. The number of rotatable bonds is 6. The second-order valence-electron chi connectivity index (χ2n) is 4.88. The Kier molecular flexibility index (Phi) is 5.43. The van der Waals surface area contributed by atoms with Gasteiger partial charge in [-0.2, -0.15) is 0 Å². The first-order chi connectivity index (χ1) is 9.95. The Morgan fingerprint density at radius 3 is 2.67 bits per heavy atom. The summed E-state index contributed by atoms with van der Waals surface area (Å²) in [5.74, 6) is 0.314. The highest BCUT2D eigenvalue weighted by Gasteiger charge is 2.21. The lowest BCUT2D eigenvalue weighted by atomic mass is 10.1. The molecule has 3 nitrogen and oxygen atoms in total. The minimum absolute atomic E-state index is 0.303. The highest BCUT2D eigenvalue weighted by atomic mass is 35.5. The summed E-state index contributed by atoms with van der Waals surface area (Å²) in [5, 5.41) is 2.00. The maximum absolute atomic E-state index is 12.6. The van der Waals surface area contributed by atoms with E-state index < -0.39 is 10.0 Å². The predicted octanol–water partition coefficient (Wildman–Crippen LogP) is 3.66. The van der Waals surface area contributed by atoms with Crippen molar-refractivity contribution in [2.24, 2.45) is 0 Å². The van der Waals surface area contributed by atoms with Gasteiger partial charge in [0, 0.05) is 24.3 Å². The van der Waals surface area contributed by atoms with E-state index in [1.807, 2.05) is 24.4 Å². The Morgan fingerprint density at radius 1 is 1.29 bits per heavy atom. The first-order valence-corrected chi connectivity index (χ1v) is 9.45. The van der Waals surface area contributed by atoms with Gasteiger partial charge in [0.05, 0.1) is 4.90 Å². The van der Waals surface area contributed by atoms with Crippen molar-refractivity contribution >= 4 is 33.0 Å². The fourth-order valence-corrected chi connectivity index (χ4v) is 4.18. The van der Waals surface area contributed by atoms with E-state index in [2.05, 4.69) is 0 Å². The van der Waals surface area contributed by atoms with E-state index in [1.54, 1.807) is 36.6 Å². The molecule has 114 valence electrons. The summed E-state index contributed by atoms with van der Waals surface area (Å²) in [6.07, 6.45) is 0.724.